The second-order valence-electron chi connectivity index (χ2n) is 16.9. The zero-order valence-corrected chi connectivity index (χ0v) is 37.7. The molecule has 0 amide bonds. The number of aliphatic hydroxyl groups excluding tert-OH is 3. The topological polar surface area (TPSA) is 213 Å². The van der Waals surface area contributed by atoms with Gasteiger partial charge in [-0.3, -0.25) is 44.6 Å². The number of hydrogen-bond acceptors (Lipinski definition) is 9. The van der Waals surface area contributed by atoms with E-state index in [1.165, 1.54) is 9.36 Å². The van der Waals surface area contributed by atoms with Crippen molar-refractivity contribution < 1.29 is 15.3 Å². The van der Waals surface area contributed by atoms with Gasteiger partial charge in [-0.25, -0.2) is 14.0 Å². The van der Waals surface area contributed by atoms with Gasteiger partial charge in [0.25, 0.3) is 16.7 Å². The molecule has 0 spiro atoms. The van der Waals surface area contributed by atoms with Gasteiger partial charge in [-0.05, 0) is 115 Å². The summed E-state index contributed by atoms with van der Waals surface area (Å²) in [6, 6.07) is 39.8. The van der Waals surface area contributed by atoms with E-state index in [9.17, 15) is 29.7 Å². The van der Waals surface area contributed by atoms with Crippen LogP contribution in [0.25, 0.3) is 82.5 Å². The second-order valence-corrected chi connectivity index (χ2v) is 16.9. The molecule has 0 fully saturated rings. The average Bonchev–Trinajstić information content (AvgIpc) is 4.03. The number of hydrogen-bond donors (Lipinski definition) is 6. The van der Waals surface area contributed by atoms with E-state index in [4.69, 9.17) is 0 Å². The zero-order valence-electron chi connectivity index (χ0n) is 37.7. The van der Waals surface area contributed by atoms with Crippen molar-refractivity contribution >= 4 is 65.4 Å². The minimum Gasteiger partial charge on any atom is -0.392 e. The van der Waals surface area contributed by atoms with Crippen molar-refractivity contribution in [3.05, 3.63) is 210 Å². The lowest BCUT2D eigenvalue weighted by Crippen LogP contribution is -2.15. The molecule has 0 unspecified atom stereocenters. The summed E-state index contributed by atoms with van der Waals surface area (Å²) in [4.78, 5) is 51.1. The van der Waals surface area contributed by atoms with E-state index in [0.29, 0.717) is 16.2 Å². The minimum absolute atomic E-state index is 0.0464. The van der Waals surface area contributed by atoms with Crippen LogP contribution in [-0.2, 0) is 19.8 Å². The van der Waals surface area contributed by atoms with Gasteiger partial charge in [0.2, 0.25) is 0 Å². The number of aryl methyl sites for hydroxylation is 3. The van der Waals surface area contributed by atoms with Crippen molar-refractivity contribution in [3.8, 4) is 17.1 Å². The summed E-state index contributed by atoms with van der Waals surface area (Å²) >= 11 is 0. The number of aliphatic hydroxyl groups is 3. The number of pyridine rings is 3. The molecule has 342 valence electrons. The Morgan fingerprint density at radius 2 is 0.855 bits per heavy atom. The van der Waals surface area contributed by atoms with Crippen LogP contribution in [-0.4, -0.2) is 59.6 Å². The number of rotatable bonds is 6. The third-order valence-corrected chi connectivity index (χ3v) is 12.2. The van der Waals surface area contributed by atoms with E-state index < -0.39 is 0 Å². The predicted octanol–water partition coefficient (Wildman–Crippen LogP) is 8.00. The molecule has 6 heterocycles. The number of aromatic amines is 3. The highest BCUT2D eigenvalue weighted by Gasteiger charge is 2.16. The second kappa shape index (κ2) is 18.1. The van der Waals surface area contributed by atoms with Crippen LogP contribution >= 0.6 is 0 Å². The number of para-hydroxylation sites is 1. The molecule has 12 aromatic rings. The third-order valence-electron chi connectivity index (χ3n) is 12.2. The molecule has 15 nitrogen and oxygen atoms in total. The van der Waals surface area contributed by atoms with Gasteiger partial charge in [0.1, 0.15) is 0 Å². The molecular formula is C54H45N9O6. The molecule has 15 heteroatoms. The predicted molar refractivity (Wildman–Crippen MR) is 270 cm³/mol. The lowest BCUT2D eigenvalue weighted by Gasteiger charge is -2.05. The lowest BCUT2D eigenvalue weighted by atomic mass is 10.1. The highest BCUT2D eigenvalue weighted by molar-refractivity contribution is 6.05. The standard InChI is InChI=1S/3C18H15N3O2/c1-11-2-5-13(6-3-11)21-18(23)15-9-19-16-7-4-12(10-22)8-14(16)17(15)20-21;1-11-3-2-4-13(7-11)21-18(23)15-9-19-16-6-5-12(10-22)8-14(16)17(15)20-21;1-11-4-2-3-5-16(11)21-18(23)14-9-19-15-7-6-12(10-22)8-13(15)17(14)20-21/h3*2-9,20,22H,10H2,1H3. The van der Waals surface area contributed by atoms with Gasteiger partial charge < -0.3 is 15.3 Å². The van der Waals surface area contributed by atoms with E-state index in [0.717, 1.165) is 99.7 Å². The zero-order chi connectivity index (χ0) is 47.9. The first-order valence-electron chi connectivity index (χ1n) is 22.1. The highest BCUT2D eigenvalue weighted by atomic mass is 16.3. The van der Waals surface area contributed by atoms with Crippen LogP contribution in [0.3, 0.4) is 0 Å². The Labute approximate surface area is 391 Å². The van der Waals surface area contributed by atoms with Crippen LogP contribution in [0.4, 0.5) is 0 Å². The minimum atomic E-state index is -0.132. The SMILES string of the molecule is Cc1ccc(-n2[nH]c3c(cnc4ccc(CO)cc43)c2=O)cc1.Cc1cccc(-n2[nH]c3c(cnc4ccc(CO)cc43)c2=O)c1.Cc1ccccc1-n1[nH]c2c(cnc3ccc(CO)cc32)c1=O. The quantitative estimate of drug-likeness (QED) is 0.0952. The first-order valence-corrected chi connectivity index (χ1v) is 22.1. The molecule has 0 aliphatic carbocycles. The summed E-state index contributed by atoms with van der Waals surface area (Å²) in [5.74, 6) is 0. The van der Waals surface area contributed by atoms with E-state index in [-0.39, 0.29) is 36.5 Å². The van der Waals surface area contributed by atoms with Crippen molar-refractivity contribution in [2.45, 2.75) is 40.6 Å². The van der Waals surface area contributed by atoms with Crippen LogP contribution in [0, 0.1) is 20.8 Å². The molecule has 0 aliphatic heterocycles. The summed E-state index contributed by atoms with van der Waals surface area (Å²) in [7, 11) is 0. The van der Waals surface area contributed by atoms with Crippen LogP contribution in [0.5, 0.6) is 0 Å². The summed E-state index contributed by atoms with van der Waals surface area (Å²) in [5.41, 5.74) is 12.1. The number of nitrogens with one attached hydrogen (secondary N) is 3. The third kappa shape index (κ3) is 8.16. The Bertz CT molecular complexity index is 4100. The lowest BCUT2D eigenvalue weighted by molar-refractivity contribution is 0.282. The van der Waals surface area contributed by atoms with Crippen LogP contribution in [0.2, 0.25) is 0 Å². The van der Waals surface area contributed by atoms with Crippen LogP contribution in [0.1, 0.15) is 33.4 Å². The van der Waals surface area contributed by atoms with Crippen molar-refractivity contribution in [1.82, 2.24) is 44.3 Å². The van der Waals surface area contributed by atoms with Gasteiger partial charge in [0, 0.05) is 34.7 Å². The highest BCUT2D eigenvalue weighted by Crippen LogP contribution is 2.26. The largest absolute Gasteiger partial charge is 0.392 e. The van der Waals surface area contributed by atoms with Gasteiger partial charge in [0.15, 0.2) is 0 Å². The van der Waals surface area contributed by atoms with Gasteiger partial charge in [-0.2, -0.15) is 0 Å². The fourth-order valence-electron chi connectivity index (χ4n) is 8.52. The van der Waals surface area contributed by atoms with Gasteiger partial charge in [0.05, 0.1) is 86.1 Å². The number of aromatic nitrogens is 9. The Morgan fingerprint density at radius 1 is 0.420 bits per heavy atom. The molecule has 6 N–H and O–H groups in total. The average molecular weight is 916 g/mol. The molecule has 0 bridgehead atoms. The fraction of sp³-hybridized carbons (Fsp3) is 0.111. The monoisotopic (exact) mass is 915 g/mol. The molecule has 12 rings (SSSR count). The van der Waals surface area contributed by atoms with Crippen LogP contribution in [0.15, 0.2) is 160 Å². The Kier molecular flexibility index (Phi) is 11.6. The molecule has 0 aliphatic rings. The summed E-state index contributed by atoms with van der Waals surface area (Å²) in [5, 5.41) is 41.7. The van der Waals surface area contributed by atoms with E-state index in [1.54, 1.807) is 23.3 Å². The van der Waals surface area contributed by atoms with E-state index in [1.807, 2.05) is 148 Å². The molecule has 6 aromatic carbocycles. The van der Waals surface area contributed by atoms with Gasteiger partial charge in [-0.1, -0.05) is 66.2 Å². The maximum absolute atomic E-state index is 12.7. The number of H-pyrrole nitrogens is 3. The molecule has 0 saturated carbocycles. The van der Waals surface area contributed by atoms with Crippen molar-refractivity contribution in [2.24, 2.45) is 0 Å². The normalized spacial score (nSPS) is 11.4. The summed E-state index contributed by atoms with van der Waals surface area (Å²) < 4.78 is 4.61. The first-order chi connectivity index (χ1) is 33.5. The summed E-state index contributed by atoms with van der Waals surface area (Å²) in [6.07, 6.45) is 4.80. The molecule has 6 aromatic heterocycles. The van der Waals surface area contributed by atoms with Gasteiger partial charge in [-0.15, -0.1) is 0 Å². The Balaban J connectivity index is 0.000000120. The fourth-order valence-corrected chi connectivity index (χ4v) is 8.52. The smallest absolute Gasteiger partial charge is 0.280 e. The number of nitrogens with zero attached hydrogens (tertiary/aromatic N) is 6. The van der Waals surface area contributed by atoms with Crippen molar-refractivity contribution in [1.29, 1.82) is 0 Å². The molecule has 0 atom stereocenters. The summed E-state index contributed by atoms with van der Waals surface area (Å²) in [6.45, 7) is 5.82. The van der Waals surface area contributed by atoms with Crippen molar-refractivity contribution in [3.63, 3.8) is 0 Å². The van der Waals surface area contributed by atoms with Gasteiger partial charge >= 0.3 is 0 Å². The number of fused-ring (bicyclic) bond motifs is 9. The molecule has 0 radical (unpaired) electrons. The first kappa shape index (κ1) is 44.1. The molecule has 69 heavy (non-hydrogen) atoms. The van der Waals surface area contributed by atoms with E-state index in [2.05, 4.69) is 30.2 Å². The Morgan fingerprint density at radius 3 is 1.30 bits per heavy atom. The van der Waals surface area contributed by atoms with Crippen molar-refractivity contribution in [2.75, 3.05) is 0 Å². The maximum Gasteiger partial charge on any atom is 0.280 e. The molecule has 0 saturated heterocycles. The Hall–Kier alpha value is -8.76. The molecular weight excluding hydrogens is 871 g/mol. The van der Waals surface area contributed by atoms with E-state index >= 15 is 0 Å². The number of benzene rings is 6. The van der Waals surface area contributed by atoms with Crippen LogP contribution < -0.4 is 16.7 Å². The maximum atomic E-state index is 12.7.